The van der Waals surface area contributed by atoms with E-state index in [0.717, 1.165) is 12.6 Å². The zero-order valence-electron chi connectivity index (χ0n) is 9.75. The lowest BCUT2D eigenvalue weighted by Crippen LogP contribution is -3.00. The first kappa shape index (κ1) is 14.0. The zero-order valence-corrected chi connectivity index (χ0v) is 11.3. The Balaban J connectivity index is 0.00000128. The van der Waals surface area contributed by atoms with E-state index in [0.29, 0.717) is 0 Å². The van der Waals surface area contributed by atoms with Crippen LogP contribution in [0.1, 0.15) is 49.8 Å². The van der Waals surface area contributed by atoms with Crippen molar-refractivity contribution in [2.45, 2.75) is 57.5 Å². The van der Waals surface area contributed by atoms with Crippen molar-refractivity contribution in [2.75, 3.05) is 0 Å². The van der Waals surface area contributed by atoms with Crippen LogP contribution in [-0.2, 0) is 6.54 Å². The van der Waals surface area contributed by atoms with Crippen molar-refractivity contribution in [3.63, 3.8) is 0 Å². The molecule has 0 aliphatic heterocycles. The summed E-state index contributed by atoms with van der Waals surface area (Å²) < 4.78 is 0. The van der Waals surface area contributed by atoms with Crippen LogP contribution in [-0.4, -0.2) is 6.04 Å². The van der Waals surface area contributed by atoms with Crippen molar-refractivity contribution in [3.05, 3.63) is 22.4 Å². The van der Waals surface area contributed by atoms with Crippen LogP contribution in [0.15, 0.2) is 17.5 Å². The third-order valence-corrected chi connectivity index (χ3v) is 4.13. The van der Waals surface area contributed by atoms with Gasteiger partial charge >= 0.3 is 0 Å². The van der Waals surface area contributed by atoms with Crippen molar-refractivity contribution in [1.82, 2.24) is 5.32 Å². The first-order chi connectivity index (χ1) is 7.45. The standard InChI is InChI=1S/C13H21NS.ClH/c1-2-4-7-12(8-5-3-1)14-11-13-9-6-10-15-13;/h6,9-10,12,14H,1-5,7-8,11H2;1H/p-1. The van der Waals surface area contributed by atoms with Crippen molar-refractivity contribution >= 4 is 11.3 Å². The van der Waals surface area contributed by atoms with Crippen molar-refractivity contribution in [1.29, 1.82) is 0 Å². The highest BCUT2D eigenvalue weighted by Gasteiger charge is 2.10. The quantitative estimate of drug-likeness (QED) is 0.852. The Morgan fingerprint density at radius 1 is 1.12 bits per heavy atom. The highest BCUT2D eigenvalue weighted by molar-refractivity contribution is 7.09. The molecule has 92 valence electrons. The summed E-state index contributed by atoms with van der Waals surface area (Å²) in [5.41, 5.74) is 0. The van der Waals surface area contributed by atoms with E-state index in [9.17, 15) is 0 Å². The molecule has 1 aromatic rings. The summed E-state index contributed by atoms with van der Waals surface area (Å²) in [4.78, 5) is 1.47. The summed E-state index contributed by atoms with van der Waals surface area (Å²) in [7, 11) is 0. The van der Waals surface area contributed by atoms with Gasteiger partial charge in [0.15, 0.2) is 0 Å². The molecule has 0 bridgehead atoms. The molecule has 1 nitrogen and oxygen atoms in total. The van der Waals surface area contributed by atoms with Gasteiger partial charge in [0.1, 0.15) is 0 Å². The van der Waals surface area contributed by atoms with Gasteiger partial charge in [-0.2, -0.15) is 0 Å². The Labute approximate surface area is 109 Å². The van der Waals surface area contributed by atoms with Crippen LogP contribution >= 0.6 is 11.3 Å². The fourth-order valence-corrected chi connectivity index (χ4v) is 2.97. The van der Waals surface area contributed by atoms with Gasteiger partial charge in [0.2, 0.25) is 0 Å². The van der Waals surface area contributed by atoms with Crippen LogP contribution in [0.2, 0.25) is 0 Å². The Kier molecular flexibility index (Phi) is 7.10. The molecule has 1 aliphatic carbocycles. The molecule has 0 atom stereocenters. The minimum absolute atomic E-state index is 0. The van der Waals surface area contributed by atoms with Gasteiger partial charge < -0.3 is 17.7 Å². The summed E-state index contributed by atoms with van der Waals surface area (Å²) in [6, 6.07) is 5.13. The number of rotatable bonds is 3. The molecule has 1 fully saturated rings. The first-order valence-corrected chi connectivity index (χ1v) is 7.09. The van der Waals surface area contributed by atoms with E-state index >= 15 is 0 Å². The highest BCUT2D eigenvalue weighted by atomic mass is 35.5. The van der Waals surface area contributed by atoms with Gasteiger partial charge in [-0.1, -0.05) is 38.2 Å². The zero-order chi connectivity index (χ0) is 10.3. The van der Waals surface area contributed by atoms with Crippen molar-refractivity contribution < 1.29 is 12.4 Å². The summed E-state index contributed by atoms with van der Waals surface area (Å²) in [5.74, 6) is 0. The van der Waals surface area contributed by atoms with Crippen LogP contribution in [0, 0.1) is 0 Å². The largest absolute Gasteiger partial charge is 1.00 e. The molecule has 1 N–H and O–H groups in total. The SMILES string of the molecule is [Cl-].c1csc(CNC2CCCCCCC2)c1. The molecule has 2 rings (SSSR count). The maximum absolute atomic E-state index is 3.70. The van der Waals surface area contributed by atoms with E-state index in [-0.39, 0.29) is 12.4 Å². The van der Waals surface area contributed by atoms with E-state index in [1.54, 1.807) is 0 Å². The minimum Gasteiger partial charge on any atom is -1.00 e. The number of halogens is 1. The van der Waals surface area contributed by atoms with E-state index in [1.165, 1.54) is 49.8 Å². The molecule has 1 heterocycles. The second kappa shape index (κ2) is 8.10. The average molecular weight is 259 g/mol. The smallest absolute Gasteiger partial charge is 0.0302 e. The molecule has 0 radical (unpaired) electrons. The molecule has 16 heavy (non-hydrogen) atoms. The second-order valence-electron chi connectivity index (χ2n) is 4.50. The lowest BCUT2D eigenvalue weighted by atomic mass is 9.97. The molecule has 0 spiro atoms. The first-order valence-electron chi connectivity index (χ1n) is 6.21. The molecule has 1 aliphatic rings. The Hall–Kier alpha value is -0.0500. The van der Waals surface area contributed by atoms with Crippen LogP contribution in [0.4, 0.5) is 0 Å². The highest BCUT2D eigenvalue weighted by Crippen LogP contribution is 2.18. The van der Waals surface area contributed by atoms with Gasteiger partial charge in [0.05, 0.1) is 0 Å². The predicted octanol–water partition coefficient (Wildman–Crippen LogP) is 0.955. The topological polar surface area (TPSA) is 12.0 Å². The van der Waals surface area contributed by atoms with Crippen molar-refractivity contribution in [3.8, 4) is 0 Å². The van der Waals surface area contributed by atoms with Crippen LogP contribution in [0.3, 0.4) is 0 Å². The summed E-state index contributed by atoms with van der Waals surface area (Å²) in [6.07, 6.45) is 9.94. The van der Waals surface area contributed by atoms with E-state index in [4.69, 9.17) is 0 Å². The lowest BCUT2D eigenvalue weighted by molar-refractivity contribution is -0.00000315. The van der Waals surface area contributed by atoms with Gasteiger partial charge in [-0.3, -0.25) is 0 Å². The maximum Gasteiger partial charge on any atom is 0.0302 e. The number of hydrogen-bond acceptors (Lipinski definition) is 2. The maximum atomic E-state index is 3.70. The van der Waals surface area contributed by atoms with Crippen LogP contribution < -0.4 is 17.7 Å². The Morgan fingerprint density at radius 3 is 2.44 bits per heavy atom. The number of hydrogen-bond donors (Lipinski definition) is 1. The molecule has 0 amide bonds. The molecular formula is C13H21ClNS-. The molecule has 1 saturated carbocycles. The molecule has 1 aromatic heterocycles. The lowest BCUT2D eigenvalue weighted by Gasteiger charge is -2.20. The van der Waals surface area contributed by atoms with Gasteiger partial charge in [0, 0.05) is 17.5 Å². The average Bonchev–Trinajstić information content (AvgIpc) is 2.68. The molecule has 3 heteroatoms. The van der Waals surface area contributed by atoms with E-state index in [1.807, 2.05) is 11.3 Å². The molecule has 0 unspecified atom stereocenters. The van der Waals surface area contributed by atoms with Gasteiger partial charge in [0.25, 0.3) is 0 Å². The van der Waals surface area contributed by atoms with Crippen LogP contribution in [0.25, 0.3) is 0 Å². The Bertz CT molecular complexity index is 253. The minimum atomic E-state index is 0. The van der Waals surface area contributed by atoms with E-state index < -0.39 is 0 Å². The summed E-state index contributed by atoms with van der Waals surface area (Å²) >= 11 is 1.86. The number of nitrogens with one attached hydrogen (secondary N) is 1. The van der Waals surface area contributed by atoms with Gasteiger partial charge in [-0.05, 0) is 24.3 Å². The van der Waals surface area contributed by atoms with Crippen molar-refractivity contribution in [2.24, 2.45) is 0 Å². The fraction of sp³-hybridized carbons (Fsp3) is 0.692. The molecule has 0 saturated heterocycles. The Morgan fingerprint density at radius 2 is 1.81 bits per heavy atom. The van der Waals surface area contributed by atoms with E-state index in [2.05, 4.69) is 22.8 Å². The predicted molar refractivity (Wildman–Crippen MR) is 67.3 cm³/mol. The van der Waals surface area contributed by atoms with Gasteiger partial charge in [-0.25, -0.2) is 0 Å². The summed E-state index contributed by atoms with van der Waals surface area (Å²) in [6.45, 7) is 1.07. The fourth-order valence-electron chi connectivity index (χ4n) is 2.32. The molecular weight excluding hydrogens is 238 g/mol. The monoisotopic (exact) mass is 258 g/mol. The third kappa shape index (κ3) is 4.86. The van der Waals surface area contributed by atoms with Gasteiger partial charge in [-0.15, -0.1) is 11.3 Å². The van der Waals surface area contributed by atoms with Crippen LogP contribution in [0.5, 0.6) is 0 Å². The summed E-state index contributed by atoms with van der Waals surface area (Å²) in [5, 5.41) is 5.86. The number of thiophene rings is 1. The second-order valence-corrected chi connectivity index (χ2v) is 5.53. The molecule has 0 aromatic carbocycles. The third-order valence-electron chi connectivity index (χ3n) is 3.25. The normalized spacial score (nSPS) is 18.5.